The summed E-state index contributed by atoms with van der Waals surface area (Å²) in [5, 5.41) is 2.99. The number of fused-ring (bicyclic) bond motifs is 1. The van der Waals surface area contributed by atoms with E-state index in [-0.39, 0.29) is 23.9 Å². The van der Waals surface area contributed by atoms with Crippen LogP contribution in [-0.2, 0) is 10.2 Å². The highest BCUT2D eigenvalue weighted by Gasteiger charge is 2.49. The highest BCUT2D eigenvalue weighted by molar-refractivity contribution is 9.10. The van der Waals surface area contributed by atoms with Gasteiger partial charge in [0.15, 0.2) is 0 Å². The summed E-state index contributed by atoms with van der Waals surface area (Å²) in [5.41, 5.74) is 1.84. The summed E-state index contributed by atoms with van der Waals surface area (Å²) in [7, 11) is 0. The first-order valence-corrected chi connectivity index (χ1v) is 9.72. The zero-order chi connectivity index (χ0) is 19.2. The van der Waals surface area contributed by atoms with Crippen molar-refractivity contribution >= 4 is 33.7 Å². The van der Waals surface area contributed by atoms with E-state index in [2.05, 4.69) is 33.4 Å². The van der Waals surface area contributed by atoms with Gasteiger partial charge in [-0.3, -0.25) is 19.3 Å². The smallest absolute Gasteiger partial charge is 0.262 e. The fourth-order valence-electron chi connectivity index (χ4n) is 3.84. The normalized spacial score (nSPS) is 18.2. The van der Waals surface area contributed by atoms with Gasteiger partial charge in [0.05, 0.1) is 11.1 Å². The molecule has 0 saturated heterocycles. The fourth-order valence-corrected chi connectivity index (χ4v) is 4.10. The van der Waals surface area contributed by atoms with Gasteiger partial charge in [-0.25, -0.2) is 0 Å². The Morgan fingerprint density at radius 2 is 1.63 bits per heavy atom. The number of halogens is 1. The molecule has 5 nitrogen and oxygen atoms in total. The van der Waals surface area contributed by atoms with Gasteiger partial charge < -0.3 is 5.32 Å². The standard InChI is InChI=1S/C21H19BrN2O3/c1-13(21(10-11-21)14-6-8-15(22)9-7-14)23-18(25)12-24-19(26)16-4-2-3-5-17(16)20(24)27/h2-9,13H,10-12H2,1H3,(H,23,25). The molecule has 1 unspecified atom stereocenters. The van der Waals surface area contributed by atoms with Crippen LogP contribution >= 0.6 is 15.9 Å². The van der Waals surface area contributed by atoms with E-state index in [1.807, 2.05) is 19.1 Å². The van der Waals surface area contributed by atoms with Crippen molar-refractivity contribution in [2.75, 3.05) is 6.54 Å². The highest BCUT2D eigenvalue weighted by Crippen LogP contribution is 2.51. The summed E-state index contributed by atoms with van der Waals surface area (Å²) >= 11 is 3.44. The van der Waals surface area contributed by atoms with E-state index in [4.69, 9.17) is 0 Å². The van der Waals surface area contributed by atoms with Crippen LogP contribution in [0.3, 0.4) is 0 Å². The van der Waals surface area contributed by atoms with Crippen molar-refractivity contribution in [1.29, 1.82) is 0 Å². The first-order chi connectivity index (χ1) is 12.9. The Morgan fingerprint density at radius 1 is 1.07 bits per heavy atom. The van der Waals surface area contributed by atoms with Crippen LogP contribution in [-0.4, -0.2) is 35.2 Å². The van der Waals surface area contributed by atoms with Crippen molar-refractivity contribution in [3.05, 3.63) is 69.7 Å². The molecule has 1 heterocycles. The molecule has 0 spiro atoms. The second kappa shape index (κ2) is 6.60. The predicted octanol–water partition coefficient (Wildman–Crippen LogP) is 3.28. The Kier molecular flexibility index (Phi) is 4.38. The van der Waals surface area contributed by atoms with Gasteiger partial charge in [-0.1, -0.05) is 40.2 Å². The Morgan fingerprint density at radius 3 is 2.15 bits per heavy atom. The van der Waals surface area contributed by atoms with E-state index in [1.165, 1.54) is 5.56 Å². The van der Waals surface area contributed by atoms with Gasteiger partial charge in [-0.2, -0.15) is 0 Å². The van der Waals surface area contributed by atoms with Crippen LogP contribution in [0, 0.1) is 0 Å². The summed E-state index contributed by atoms with van der Waals surface area (Å²) < 4.78 is 1.02. The molecule has 1 aliphatic heterocycles. The van der Waals surface area contributed by atoms with Crippen LogP contribution in [0.1, 0.15) is 46.0 Å². The summed E-state index contributed by atoms with van der Waals surface area (Å²) in [6.07, 6.45) is 2.01. The number of amides is 3. The van der Waals surface area contributed by atoms with Crippen molar-refractivity contribution in [1.82, 2.24) is 10.2 Å². The molecule has 0 aromatic heterocycles. The van der Waals surface area contributed by atoms with Crippen molar-refractivity contribution in [2.45, 2.75) is 31.2 Å². The average molecular weight is 427 g/mol. The number of nitrogens with one attached hydrogen (secondary N) is 1. The molecule has 27 heavy (non-hydrogen) atoms. The first kappa shape index (κ1) is 17.9. The average Bonchev–Trinajstić information content (AvgIpc) is 3.44. The van der Waals surface area contributed by atoms with Crippen LogP contribution in [0.25, 0.3) is 0 Å². The number of carbonyl (C=O) groups excluding carboxylic acids is 3. The maximum Gasteiger partial charge on any atom is 0.262 e. The Balaban J connectivity index is 1.44. The van der Waals surface area contributed by atoms with E-state index >= 15 is 0 Å². The number of carbonyl (C=O) groups is 3. The Hall–Kier alpha value is -2.47. The summed E-state index contributed by atoms with van der Waals surface area (Å²) in [5.74, 6) is -1.14. The van der Waals surface area contributed by atoms with E-state index < -0.39 is 11.8 Å². The van der Waals surface area contributed by atoms with Crippen LogP contribution < -0.4 is 5.32 Å². The zero-order valence-corrected chi connectivity index (χ0v) is 16.5. The summed E-state index contributed by atoms with van der Waals surface area (Å²) in [6, 6.07) is 14.7. The maximum absolute atomic E-state index is 12.5. The summed E-state index contributed by atoms with van der Waals surface area (Å²) in [4.78, 5) is 38.4. The number of rotatable bonds is 5. The quantitative estimate of drug-likeness (QED) is 0.745. The second-order valence-electron chi connectivity index (χ2n) is 7.19. The zero-order valence-electron chi connectivity index (χ0n) is 14.9. The molecule has 1 aliphatic carbocycles. The van der Waals surface area contributed by atoms with Gasteiger partial charge in [0.2, 0.25) is 5.91 Å². The summed E-state index contributed by atoms with van der Waals surface area (Å²) in [6.45, 7) is 1.72. The molecule has 1 fully saturated rings. The minimum atomic E-state index is -0.410. The largest absolute Gasteiger partial charge is 0.351 e. The fraction of sp³-hybridized carbons (Fsp3) is 0.286. The van der Waals surface area contributed by atoms with Crippen LogP contribution in [0.2, 0.25) is 0 Å². The molecule has 0 radical (unpaired) electrons. The third-order valence-corrected chi connectivity index (χ3v) is 6.12. The van der Waals surface area contributed by atoms with Gasteiger partial charge >= 0.3 is 0 Å². The lowest BCUT2D eigenvalue weighted by atomic mass is 9.89. The molecular formula is C21H19BrN2O3. The number of hydrogen-bond donors (Lipinski definition) is 1. The molecule has 2 aliphatic rings. The van der Waals surface area contributed by atoms with E-state index in [0.29, 0.717) is 11.1 Å². The van der Waals surface area contributed by atoms with Crippen LogP contribution in [0.4, 0.5) is 0 Å². The first-order valence-electron chi connectivity index (χ1n) is 8.93. The molecule has 138 valence electrons. The van der Waals surface area contributed by atoms with Gasteiger partial charge in [-0.05, 0) is 49.6 Å². The second-order valence-corrected chi connectivity index (χ2v) is 8.11. The minimum absolute atomic E-state index is 0.0711. The lowest BCUT2D eigenvalue weighted by molar-refractivity contribution is -0.122. The van der Waals surface area contributed by atoms with Crippen molar-refractivity contribution < 1.29 is 14.4 Å². The molecule has 2 aromatic rings. The van der Waals surface area contributed by atoms with Crippen molar-refractivity contribution in [3.63, 3.8) is 0 Å². The third kappa shape index (κ3) is 3.08. The molecule has 0 bridgehead atoms. The Bertz CT molecular complexity index is 900. The lowest BCUT2D eigenvalue weighted by Gasteiger charge is -2.26. The minimum Gasteiger partial charge on any atom is -0.351 e. The molecule has 3 amide bonds. The SMILES string of the molecule is CC(NC(=O)CN1C(=O)c2ccccc2C1=O)C1(c2ccc(Br)cc2)CC1. The van der Waals surface area contributed by atoms with Gasteiger partial charge in [0.25, 0.3) is 11.8 Å². The predicted molar refractivity (Wildman–Crippen MR) is 104 cm³/mol. The van der Waals surface area contributed by atoms with E-state index in [1.54, 1.807) is 24.3 Å². The molecule has 1 N–H and O–H groups in total. The van der Waals surface area contributed by atoms with E-state index in [9.17, 15) is 14.4 Å². The van der Waals surface area contributed by atoms with Crippen molar-refractivity contribution in [3.8, 4) is 0 Å². The Labute approximate surface area is 165 Å². The number of hydrogen-bond acceptors (Lipinski definition) is 3. The van der Waals surface area contributed by atoms with Crippen LogP contribution in [0.15, 0.2) is 53.0 Å². The molecular weight excluding hydrogens is 408 g/mol. The van der Waals surface area contributed by atoms with E-state index in [0.717, 1.165) is 22.2 Å². The topological polar surface area (TPSA) is 66.5 Å². The molecule has 2 aromatic carbocycles. The van der Waals surface area contributed by atoms with Crippen molar-refractivity contribution in [2.24, 2.45) is 0 Å². The monoisotopic (exact) mass is 426 g/mol. The number of nitrogens with zero attached hydrogens (tertiary/aromatic N) is 1. The molecule has 1 atom stereocenters. The number of imide groups is 1. The molecule has 6 heteroatoms. The lowest BCUT2D eigenvalue weighted by Crippen LogP contribution is -2.47. The third-order valence-electron chi connectivity index (χ3n) is 5.59. The maximum atomic E-state index is 12.5. The van der Waals surface area contributed by atoms with Crippen LogP contribution in [0.5, 0.6) is 0 Å². The van der Waals surface area contributed by atoms with Gasteiger partial charge in [0, 0.05) is 15.9 Å². The highest BCUT2D eigenvalue weighted by atomic mass is 79.9. The molecule has 1 saturated carbocycles. The van der Waals surface area contributed by atoms with Gasteiger partial charge in [0.1, 0.15) is 6.54 Å². The number of benzene rings is 2. The van der Waals surface area contributed by atoms with Gasteiger partial charge in [-0.15, -0.1) is 0 Å². The molecule has 4 rings (SSSR count).